The molecule has 0 amide bonds. The lowest BCUT2D eigenvalue weighted by Crippen LogP contribution is -2.33. The fraction of sp³-hybridized carbons (Fsp3) is 0.278. The Labute approximate surface area is 123 Å². The molecule has 0 bridgehead atoms. The van der Waals surface area contributed by atoms with Gasteiger partial charge in [0.25, 0.3) is 0 Å². The molecule has 2 N–H and O–H groups in total. The molecule has 0 saturated heterocycles. The van der Waals surface area contributed by atoms with E-state index in [1.807, 2.05) is 30.3 Å². The Morgan fingerprint density at radius 1 is 0.952 bits per heavy atom. The average Bonchev–Trinajstić information content (AvgIpc) is 3.14. The van der Waals surface area contributed by atoms with E-state index >= 15 is 0 Å². The van der Waals surface area contributed by atoms with Gasteiger partial charge in [-0.05, 0) is 36.6 Å². The van der Waals surface area contributed by atoms with Gasteiger partial charge in [0.2, 0.25) is 5.89 Å². The maximum absolute atomic E-state index is 6.64. The van der Waals surface area contributed by atoms with Crippen LogP contribution in [-0.4, -0.2) is 4.98 Å². The molecular formula is C18H18N2O. The zero-order valence-corrected chi connectivity index (χ0v) is 11.9. The van der Waals surface area contributed by atoms with Crippen molar-refractivity contribution < 1.29 is 4.42 Å². The summed E-state index contributed by atoms with van der Waals surface area (Å²) >= 11 is 0. The van der Waals surface area contributed by atoms with Crippen LogP contribution in [0.5, 0.6) is 0 Å². The molecule has 0 spiro atoms. The van der Waals surface area contributed by atoms with E-state index in [9.17, 15) is 0 Å². The smallest absolute Gasteiger partial charge is 0.227 e. The van der Waals surface area contributed by atoms with Crippen LogP contribution in [-0.2, 0) is 5.54 Å². The molecule has 106 valence electrons. The van der Waals surface area contributed by atoms with Gasteiger partial charge < -0.3 is 10.2 Å². The summed E-state index contributed by atoms with van der Waals surface area (Å²) < 4.78 is 5.93. The molecule has 1 heterocycles. The van der Waals surface area contributed by atoms with Crippen LogP contribution < -0.4 is 5.73 Å². The van der Waals surface area contributed by atoms with Crippen LogP contribution in [0.1, 0.15) is 31.2 Å². The third-order valence-corrected chi connectivity index (χ3v) is 4.48. The van der Waals surface area contributed by atoms with Crippen LogP contribution in [0.15, 0.2) is 52.9 Å². The summed E-state index contributed by atoms with van der Waals surface area (Å²) in [6.45, 7) is 0. The fourth-order valence-electron chi connectivity index (χ4n) is 3.37. The number of fused-ring (bicyclic) bond motifs is 1. The molecule has 1 fully saturated rings. The normalized spacial score (nSPS) is 17.4. The number of rotatable bonds is 2. The largest absolute Gasteiger partial charge is 0.436 e. The van der Waals surface area contributed by atoms with E-state index < -0.39 is 0 Å². The van der Waals surface area contributed by atoms with Gasteiger partial charge in [-0.15, -0.1) is 0 Å². The van der Waals surface area contributed by atoms with E-state index in [2.05, 4.69) is 23.2 Å². The molecule has 4 rings (SSSR count). The van der Waals surface area contributed by atoms with Gasteiger partial charge in [-0.1, -0.05) is 43.2 Å². The molecule has 0 radical (unpaired) electrons. The Morgan fingerprint density at radius 2 is 1.67 bits per heavy atom. The summed E-state index contributed by atoms with van der Waals surface area (Å²) in [5.74, 6) is 0.670. The molecule has 1 aliphatic carbocycles. The van der Waals surface area contributed by atoms with Gasteiger partial charge in [0.1, 0.15) is 5.52 Å². The number of benzene rings is 2. The molecule has 0 unspecified atom stereocenters. The highest BCUT2D eigenvalue weighted by atomic mass is 16.3. The highest BCUT2D eigenvalue weighted by Crippen LogP contribution is 2.41. The zero-order chi connectivity index (χ0) is 14.3. The Bertz CT molecular complexity index is 752. The van der Waals surface area contributed by atoms with E-state index in [1.54, 1.807) is 0 Å². The molecule has 21 heavy (non-hydrogen) atoms. The standard InChI is InChI=1S/C18H18N2O/c19-18(11-5-6-12-18)14-8-2-1-7-13(14)17-20-15-9-3-4-10-16(15)21-17/h1-4,7-10H,5-6,11-12,19H2. The first kappa shape index (κ1) is 12.6. The molecule has 0 atom stereocenters. The summed E-state index contributed by atoms with van der Waals surface area (Å²) in [7, 11) is 0. The lowest BCUT2D eigenvalue weighted by Gasteiger charge is -2.26. The Balaban J connectivity index is 1.88. The topological polar surface area (TPSA) is 52.0 Å². The second kappa shape index (κ2) is 4.71. The first-order chi connectivity index (χ1) is 10.3. The van der Waals surface area contributed by atoms with Crippen molar-refractivity contribution in [1.82, 2.24) is 4.98 Å². The number of hydrogen-bond acceptors (Lipinski definition) is 3. The SMILES string of the molecule is NC1(c2ccccc2-c2nc3ccccc3o2)CCCC1. The molecule has 0 aliphatic heterocycles. The van der Waals surface area contributed by atoms with Crippen LogP contribution in [0.4, 0.5) is 0 Å². The minimum absolute atomic E-state index is 0.239. The van der Waals surface area contributed by atoms with Crippen molar-refractivity contribution >= 4 is 11.1 Å². The van der Waals surface area contributed by atoms with E-state index in [0.717, 1.165) is 35.1 Å². The van der Waals surface area contributed by atoms with Crippen LogP contribution in [0.25, 0.3) is 22.6 Å². The van der Waals surface area contributed by atoms with Crippen molar-refractivity contribution in [2.24, 2.45) is 5.73 Å². The third-order valence-electron chi connectivity index (χ3n) is 4.48. The van der Waals surface area contributed by atoms with Crippen molar-refractivity contribution in [3.63, 3.8) is 0 Å². The summed E-state index contributed by atoms with van der Waals surface area (Å²) in [4.78, 5) is 4.62. The Hall–Kier alpha value is -2.13. The quantitative estimate of drug-likeness (QED) is 0.763. The maximum atomic E-state index is 6.64. The van der Waals surface area contributed by atoms with Gasteiger partial charge >= 0.3 is 0 Å². The van der Waals surface area contributed by atoms with Crippen LogP contribution in [0.3, 0.4) is 0 Å². The molecule has 3 aromatic rings. The minimum Gasteiger partial charge on any atom is -0.436 e. The Morgan fingerprint density at radius 3 is 2.48 bits per heavy atom. The molecule has 3 nitrogen and oxygen atoms in total. The highest BCUT2D eigenvalue weighted by molar-refractivity contribution is 5.77. The second-order valence-electron chi connectivity index (χ2n) is 5.90. The van der Waals surface area contributed by atoms with E-state index in [1.165, 1.54) is 12.8 Å². The van der Waals surface area contributed by atoms with Gasteiger partial charge in [0, 0.05) is 11.1 Å². The van der Waals surface area contributed by atoms with Crippen molar-refractivity contribution in [3.05, 3.63) is 54.1 Å². The van der Waals surface area contributed by atoms with Crippen molar-refractivity contribution in [2.45, 2.75) is 31.2 Å². The van der Waals surface area contributed by atoms with Crippen molar-refractivity contribution in [3.8, 4) is 11.5 Å². The lowest BCUT2D eigenvalue weighted by atomic mass is 9.86. The second-order valence-corrected chi connectivity index (χ2v) is 5.90. The first-order valence-electron chi connectivity index (χ1n) is 7.51. The van der Waals surface area contributed by atoms with Crippen LogP contribution >= 0.6 is 0 Å². The third kappa shape index (κ3) is 2.05. The summed E-state index contributed by atoms with van der Waals surface area (Å²) in [6, 6.07) is 16.1. The maximum Gasteiger partial charge on any atom is 0.227 e. The first-order valence-corrected chi connectivity index (χ1v) is 7.51. The van der Waals surface area contributed by atoms with Crippen molar-refractivity contribution in [2.75, 3.05) is 0 Å². The monoisotopic (exact) mass is 278 g/mol. The van der Waals surface area contributed by atoms with Gasteiger partial charge in [0.15, 0.2) is 5.58 Å². The van der Waals surface area contributed by atoms with Gasteiger partial charge in [-0.25, -0.2) is 4.98 Å². The van der Waals surface area contributed by atoms with Crippen LogP contribution in [0, 0.1) is 0 Å². The van der Waals surface area contributed by atoms with E-state index in [4.69, 9.17) is 10.2 Å². The highest BCUT2D eigenvalue weighted by Gasteiger charge is 2.34. The molecule has 1 aromatic heterocycles. The average molecular weight is 278 g/mol. The van der Waals surface area contributed by atoms with Gasteiger partial charge in [0.05, 0.1) is 0 Å². The number of nitrogens with zero attached hydrogens (tertiary/aromatic N) is 1. The predicted octanol–water partition coefficient (Wildman–Crippen LogP) is 4.22. The summed E-state index contributed by atoms with van der Waals surface area (Å²) in [5, 5.41) is 0. The minimum atomic E-state index is -0.239. The molecule has 1 saturated carbocycles. The summed E-state index contributed by atoms with van der Waals surface area (Å²) in [6.07, 6.45) is 4.45. The van der Waals surface area contributed by atoms with E-state index in [-0.39, 0.29) is 5.54 Å². The molecule has 3 heteroatoms. The number of para-hydroxylation sites is 2. The van der Waals surface area contributed by atoms with E-state index in [0.29, 0.717) is 5.89 Å². The Kier molecular flexibility index (Phi) is 2.82. The number of nitrogens with two attached hydrogens (primary N) is 1. The number of hydrogen-bond donors (Lipinski definition) is 1. The number of oxazole rings is 1. The number of aromatic nitrogens is 1. The molecular weight excluding hydrogens is 260 g/mol. The fourth-order valence-corrected chi connectivity index (χ4v) is 3.37. The molecule has 1 aliphatic rings. The predicted molar refractivity (Wildman–Crippen MR) is 83.8 cm³/mol. The van der Waals surface area contributed by atoms with Crippen LogP contribution in [0.2, 0.25) is 0 Å². The summed E-state index contributed by atoms with van der Waals surface area (Å²) in [5.41, 5.74) is 10.3. The lowest BCUT2D eigenvalue weighted by molar-refractivity contribution is 0.461. The van der Waals surface area contributed by atoms with Crippen molar-refractivity contribution in [1.29, 1.82) is 0 Å². The van der Waals surface area contributed by atoms with Gasteiger partial charge in [-0.2, -0.15) is 0 Å². The molecule has 2 aromatic carbocycles. The zero-order valence-electron chi connectivity index (χ0n) is 11.9. The van der Waals surface area contributed by atoms with Gasteiger partial charge in [-0.3, -0.25) is 0 Å².